The first-order valence-corrected chi connectivity index (χ1v) is 11.0. The molecule has 0 spiro atoms. The lowest BCUT2D eigenvalue weighted by atomic mass is 10.1. The number of nitrogens with one attached hydrogen (secondary N) is 2. The molecule has 1 fully saturated rings. The third-order valence-electron chi connectivity index (χ3n) is 4.94. The standard InChI is InChI=1S/C20H24ClN3O3S/c1-14-6-8-17(9-7-14)28(26,27)23-16-10-12-24(13-11-16)20(25)22-19-5-3-4-18(21)15(19)2/h3-9,16,23H,10-13H2,1-2H3,(H,22,25). The van der Waals surface area contributed by atoms with Crippen LogP contribution in [0.1, 0.15) is 24.0 Å². The van der Waals surface area contributed by atoms with Crippen molar-refractivity contribution in [2.75, 3.05) is 18.4 Å². The molecule has 1 heterocycles. The first-order valence-electron chi connectivity index (χ1n) is 9.16. The molecule has 0 atom stereocenters. The number of benzene rings is 2. The lowest BCUT2D eigenvalue weighted by Crippen LogP contribution is -2.47. The molecule has 0 aromatic heterocycles. The van der Waals surface area contributed by atoms with E-state index in [9.17, 15) is 13.2 Å². The fourth-order valence-corrected chi connectivity index (χ4v) is 4.62. The molecular weight excluding hydrogens is 398 g/mol. The van der Waals surface area contributed by atoms with Gasteiger partial charge < -0.3 is 10.2 Å². The summed E-state index contributed by atoms with van der Waals surface area (Å²) >= 11 is 6.09. The van der Waals surface area contributed by atoms with Gasteiger partial charge in [-0.3, -0.25) is 0 Å². The van der Waals surface area contributed by atoms with E-state index in [4.69, 9.17) is 11.6 Å². The summed E-state index contributed by atoms with van der Waals surface area (Å²) in [6.45, 7) is 4.72. The van der Waals surface area contributed by atoms with Gasteiger partial charge in [-0.15, -0.1) is 0 Å². The minimum Gasteiger partial charge on any atom is -0.324 e. The van der Waals surface area contributed by atoms with Gasteiger partial charge in [-0.2, -0.15) is 0 Å². The first-order chi connectivity index (χ1) is 13.3. The number of carbonyl (C=O) groups is 1. The van der Waals surface area contributed by atoms with E-state index in [-0.39, 0.29) is 17.0 Å². The van der Waals surface area contributed by atoms with E-state index in [0.29, 0.717) is 36.6 Å². The maximum atomic E-state index is 12.5. The molecule has 0 bridgehead atoms. The minimum atomic E-state index is -3.56. The van der Waals surface area contributed by atoms with Gasteiger partial charge in [0.05, 0.1) is 4.90 Å². The number of sulfonamides is 1. The van der Waals surface area contributed by atoms with Gasteiger partial charge >= 0.3 is 6.03 Å². The van der Waals surface area contributed by atoms with Crippen LogP contribution >= 0.6 is 11.6 Å². The van der Waals surface area contributed by atoms with Gasteiger partial charge in [-0.05, 0) is 56.5 Å². The average molecular weight is 422 g/mol. The topological polar surface area (TPSA) is 78.5 Å². The number of likely N-dealkylation sites (tertiary alicyclic amines) is 1. The average Bonchev–Trinajstić information content (AvgIpc) is 2.66. The Morgan fingerprint density at radius 2 is 1.71 bits per heavy atom. The number of piperidine rings is 1. The highest BCUT2D eigenvalue weighted by atomic mass is 35.5. The number of hydrogen-bond acceptors (Lipinski definition) is 3. The van der Waals surface area contributed by atoms with Crippen LogP contribution in [-0.2, 0) is 10.0 Å². The van der Waals surface area contributed by atoms with Crippen molar-refractivity contribution in [3.63, 3.8) is 0 Å². The van der Waals surface area contributed by atoms with Crippen LogP contribution in [0.2, 0.25) is 5.02 Å². The number of aryl methyl sites for hydroxylation is 1. The van der Waals surface area contributed by atoms with E-state index < -0.39 is 10.0 Å². The molecule has 0 unspecified atom stereocenters. The Bertz CT molecular complexity index is 953. The molecule has 1 aliphatic heterocycles. The number of rotatable bonds is 4. The number of amides is 2. The number of hydrogen-bond donors (Lipinski definition) is 2. The first kappa shape index (κ1) is 20.6. The van der Waals surface area contributed by atoms with Gasteiger partial charge in [0.2, 0.25) is 10.0 Å². The molecule has 2 aromatic rings. The van der Waals surface area contributed by atoms with Gasteiger partial charge in [0.1, 0.15) is 0 Å². The number of carbonyl (C=O) groups excluding carboxylic acids is 1. The van der Waals surface area contributed by atoms with Gasteiger partial charge in [-0.25, -0.2) is 17.9 Å². The van der Waals surface area contributed by atoms with E-state index in [1.807, 2.05) is 19.9 Å². The molecule has 0 saturated carbocycles. The molecule has 6 nitrogen and oxygen atoms in total. The van der Waals surface area contributed by atoms with Crippen LogP contribution in [0.3, 0.4) is 0 Å². The Morgan fingerprint density at radius 1 is 1.07 bits per heavy atom. The fraction of sp³-hybridized carbons (Fsp3) is 0.350. The Hall–Kier alpha value is -2.09. The number of urea groups is 1. The van der Waals surface area contributed by atoms with Crippen molar-refractivity contribution in [3.05, 3.63) is 58.6 Å². The molecule has 2 amide bonds. The zero-order chi connectivity index (χ0) is 20.3. The van der Waals surface area contributed by atoms with Gasteiger partial charge in [-0.1, -0.05) is 35.4 Å². The molecule has 0 radical (unpaired) electrons. The van der Waals surface area contributed by atoms with Crippen LogP contribution < -0.4 is 10.0 Å². The van der Waals surface area contributed by atoms with Crippen molar-refractivity contribution in [3.8, 4) is 0 Å². The molecule has 2 aromatic carbocycles. The molecular formula is C20H24ClN3O3S. The van der Waals surface area contributed by atoms with Crippen molar-refractivity contribution >= 4 is 33.3 Å². The monoisotopic (exact) mass is 421 g/mol. The molecule has 1 aliphatic rings. The second-order valence-corrected chi connectivity index (χ2v) is 9.16. The van der Waals surface area contributed by atoms with Crippen molar-refractivity contribution in [2.24, 2.45) is 0 Å². The van der Waals surface area contributed by atoms with E-state index in [1.54, 1.807) is 41.3 Å². The molecule has 1 saturated heterocycles. The van der Waals surface area contributed by atoms with Crippen molar-refractivity contribution < 1.29 is 13.2 Å². The normalized spacial score (nSPS) is 15.5. The van der Waals surface area contributed by atoms with Crippen LogP contribution in [0.25, 0.3) is 0 Å². The lowest BCUT2D eigenvalue weighted by Gasteiger charge is -2.32. The third kappa shape index (κ3) is 4.84. The van der Waals surface area contributed by atoms with Gasteiger partial charge in [0, 0.05) is 29.8 Å². The lowest BCUT2D eigenvalue weighted by molar-refractivity contribution is 0.193. The Morgan fingerprint density at radius 3 is 2.36 bits per heavy atom. The van der Waals surface area contributed by atoms with Crippen LogP contribution in [0.15, 0.2) is 47.4 Å². The molecule has 0 aliphatic carbocycles. The summed E-state index contributed by atoms with van der Waals surface area (Å²) in [5.74, 6) is 0. The number of nitrogens with zero attached hydrogens (tertiary/aromatic N) is 1. The summed E-state index contributed by atoms with van der Waals surface area (Å²) in [7, 11) is -3.56. The SMILES string of the molecule is Cc1ccc(S(=O)(=O)NC2CCN(C(=O)Nc3cccc(Cl)c3C)CC2)cc1. The highest BCUT2D eigenvalue weighted by Crippen LogP contribution is 2.24. The maximum Gasteiger partial charge on any atom is 0.321 e. The predicted octanol–water partition coefficient (Wildman–Crippen LogP) is 3.93. The zero-order valence-corrected chi connectivity index (χ0v) is 17.5. The summed E-state index contributed by atoms with van der Waals surface area (Å²) in [4.78, 5) is 14.5. The third-order valence-corrected chi connectivity index (χ3v) is 6.89. The zero-order valence-electron chi connectivity index (χ0n) is 15.9. The van der Waals surface area contributed by atoms with Gasteiger partial charge in [0.15, 0.2) is 0 Å². The molecule has 2 N–H and O–H groups in total. The molecule has 150 valence electrons. The smallest absolute Gasteiger partial charge is 0.321 e. The second-order valence-electron chi connectivity index (χ2n) is 7.04. The summed E-state index contributed by atoms with van der Waals surface area (Å²) in [5.41, 5.74) is 2.51. The summed E-state index contributed by atoms with van der Waals surface area (Å²) in [6.07, 6.45) is 1.13. The Labute approximate surface area is 170 Å². The summed E-state index contributed by atoms with van der Waals surface area (Å²) in [5, 5.41) is 3.48. The van der Waals surface area contributed by atoms with Crippen molar-refractivity contribution in [1.82, 2.24) is 9.62 Å². The van der Waals surface area contributed by atoms with Crippen LogP contribution in [0.4, 0.5) is 10.5 Å². The van der Waals surface area contributed by atoms with E-state index >= 15 is 0 Å². The number of halogens is 1. The molecule has 28 heavy (non-hydrogen) atoms. The van der Waals surface area contributed by atoms with Crippen LogP contribution in [-0.4, -0.2) is 38.5 Å². The summed E-state index contributed by atoms with van der Waals surface area (Å²) in [6, 6.07) is 11.7. The quantitative estimate of drug-likeness (QED) is 0.784. The Balaban J connectivity index is 1.56. The largest absolute Gasteiger partial charge is 0.324 e. The fourth-order valence-electron chi connectivity index (χ4n) is 3.14. The summed E-state index contributed by atoms with van der Waals surface area (Å²) < 4.78 is 27.8. The predicted molar refractivity (Wildman–Crippen MR) is 111 cm³/mol. The van der Waals surface area contributed by atoms with Crippen molar-refractivity contribution in [1.29, 1.82) is 0 Å². The van der Waals surface area contributed by atoms with E-state index in [0.717, 1.165) is 11.1 Å². The second kappa shape index (κ2) is 8.51. The van der Waals surface area contributed by atoms with Gasteiger partial charge in [0.25, 0.3) is 0 Å². The van der Waals surface area contributed by atoms with E-state index in [1.165, 1.54) is 0 Å². The molecule has 8 heteroatoms. The minimum absolute atomic E-state index is 0.191. The van der Waals surface area contributed by atoms with Crippen molar-refractivity contribution in [2.45, 2.75) is 37.6 Å². The van der Waals surface area contributed by atoms with Crippen LogP contribution in [0, 0.1) is 13.8 Å². The van der Waals surface area contributed by atoms with Crippen LogP contribution in [0.5, 0.6) is 0 Å². The van der Waals surface area contributed by atoms with E-state index in [2.05, 4.69) is 10.0 Å². The maximum absolute atomic E-state index is 12.5. The number of anilines is 1. The highest BCUT2D eigenvalue weighted by Gasteiger charge is 2.27. The highest BCUT2D eigenvalue weighted by molar-refractivity contribution is 7.89. The Kier molecular flexibility index (Phi) is 6.27. The molecule has 3 rings (SSSR count).